The number of urea groups is 1. The molecule has 0 heterocycles. The van der Waals surface area contributed by atoms with E-state index < -0.39 is 0 Å². The maximum absolute atomic E-state index is 11.9. The van der Waals surface area contributed by atoms with Gasteiger partial charge in [-0.3, -0.25) is 0 Å². The highest BCUT2D eigenvalue weighted by Crippen LogP contribution is 2.12. The SMILES string of the molecule is COc1ccc(CCNC(=O)NC(C)c2ccccc2)cc1. The van der Waals surface area contributed by atoms with Crippen LogP contribution in [0, 0.1) is 0 Å². The molecule has 2 aromatic rings. The highest BCUT2D eigenvalue weighted by molar-refractivity contribution is 5.74. The first kappa shape index (κ1) is 15.9. The van der Waals surface area contributed by atoms with Gasteiger partial charge in [-0.25, -0.2) is 4.79 Å². The van der Waals surface area contributed by atoms with Gasteiger partial charge >= 0.3 is 6.03 Å². The molecule has 2 amide bonds. The summed E-state index contributed by atoms with van der Waals surface area (Å²) in [5, 5.41) is 5.81. The van der Waals surface area contributed by atoms with Crippen LogP contribution in [0.5, 0.6) is 5.75 Å². The van der Waals surface area contributed by atoms with E-state index in [9.17, 15) is 4.79 Å². The molecular weight excluding hydrogens is 276 g/mol. The highest BCUT2D eigenvalue weighted by Gasteiger charge is 2.08. The van der Waals surface area contributed by atoms with Crippen molar-refractivity contribution in [3.63, 3.8) is 0 Å². The molecule has 0 spiro atoms. The molecule has 0 fully saturated rings. The molecule has 0 bridgehead atoms. The van der Waals surface area contributed by atoms with E-state index in [1.807, 2.05) is 61.5 Å². The van der Waals surface area contributed by atoms with Crippen molar-refractivity contribution < 1.29 is 9.53 Å². The molecule has 0 saturated heterocycles. The summed E-state index contributed by atoms with van der Waals surface area (Å²) in [7, 11) is 1.65. The number of benzene rings is 2. The molecule has 2 N–H and O–H groups in total. The van der Waals surface area contributed by atoms with Crippen LogP contribution in [0.25, 0.3) is 0 Å². The lowest BCUT2D eigenvalue weighted by molar-refractivity contribution is 0.238. The molecule has 1 unspecified atom stereocenters. The predicted molar refractivity (Wildman–Crippen MR) is 88.1 cm³/mol. The number of carbonyl (C=O) groups excluding carboxylic acids is 1. The molecular formula is C18H22N2O2. The first-order valence-corrected chi connectivity index (χ1v) is 7.41. The van der Waals surface area contributed by atoms with Gasteiger partial charge in [0.15, 0.2) is 0 Å². The van der Waals surface area contributed by atoms with Gasteiger partial charge in [0.25, 0.3) is 0 Å². The van der Waals surface area contributed by atoms with Crippen molar-refractivity contribution >= 4 is 6.03 Å². The van der Waals surface area contributed by atoms with Crippen molar-refractivity contribution in [3.8, 4) is 5.75 Å². The van der Waals surface area contributed by atoms with Gasteiger partial charge in [-0.2, -0.15) is 0 Å². The van der Waals surface area contributed by atoms with Crippen LogP contribution in [0.4, 0.5) is 4.79 Å². The molecule has 116 valence electrons. The average Bonchev–Trinajstić information content (AvgIpc) is 2.56. The molecule has 0 radical (unpaired) electrons. The third-order valence-corrected chi connectivity index (χ3v) is 3.51. The van der Waals surface area contributed by atoms with Crippen LogP contribution in [0.2, 0.25) is 0 Å². The number of carbonyl (C=O) groups is 1. The molecule has 4 heteroatoms. The van der Waals surface area contributed by atoms with E-state index in [4.69, 9.17) is 4.74 Å². The summed E-state index contributed by atoms with van der Waals surface area (Å²) in [6.45, 7) is 2.57. The largest absolute Gasteiger partial charge is 0.497 e. The standard InChI is InChI=1S/C18H22N2O2/c1-14(16-6-4-3-5-7-16)20-18(21)19-13-12-15-8-10-17(22-2)11-9-15/h3-11,14H,12-13H2,1-2H3,(H2,19,20,21). The van der Waals surface area contributed by atoms with Crippen LogP contribution in [-0.4, -0.2) is 19.7 Å². The van der Waals surface area contributed by atoms with Gasteiger partial charge in [0.05, 0.1) is 13.2 Å². The summed E-state index contributed by atoms with van der Waals surface area (Å²) < 4.78 is 5.12. The smallest absolute Gasteiger partial charge is 0.315 e. The third kappa shape index (κ3) is 4.81. The molecule has 1 atom stereocenters. The van der Waals surface area contributed by atoms with Crippen LogP contribution in [0.3, 0.4) is 0 Å². The van der Waals surface area contributed by atoms with E-state index in [1.54, 1.807) is 7.11 Å². The van der Waals surface area contributed by atoms with E-state index in [0.717, 1.165) is 23.3 Å². The molecule has 0 saturated carbocycles. The van der Waals surface area contributed by atoms with E-state index >= 15 is 0 Å². The Bertz CT molecular complexity index is 582. The second-order valence-corrected chi connectivity index (χ2v) is 5.13. The van der Waals surface area contributed by atoms with Crippen LogP contribution in [0.15, 0.2) is 54.6 Å². The fraction of sp³-hybridized carbons (Fsp3) is 0.278. The zero-order valence-electron chi connectivity index (χ0n) is 13.0. The number of nitrogens with one attached hydrogen (secondary N) is 2. The highest BCUT2D eigenvalue weighted by atomic mass is 16.5. The van der Waals surface area contributed by atoms with Crippen LogP contribution >= 0.6 is 0 Å². The Morgan fingerprint density at radius 1 is 1.09 bits per heavy atom. The first-order valence-electron chi connectivity index (χ1n) is 7.41. The topological polar surface area (TPSA) is 50.4 Å². The molecule has 2 aromatic carbocycles. The lowest BCUT2D eigenvalue weighted by Crippen LogP contribution is -2.38. The van der Waals surface area contributed by atoms with Crippen molar-refractivity contribution in [1.29, 1.82) is 0 Å². The Morgan fingerprint density at radius 2 is 1.77 bits per heavy atom. The number of methoxy groups -OCH3 is 1. The molecule has 4 nitrogen and oxygen atoms in total. The number of hydrogen-bond acceptors (Lipinski definition) is 2. The van der Waals surface area contributed by atoms with Gasteiger partial charge in [0, 0.05) is 6.54 Å². The first-order chi connectivity index (χ1) is 10.7. The summed E-state index contributed by atoms with van der Waals surface area (Å²) in [5.41, 5.74) is 2.25. The van der Waals surface area contributed by atoms with Crippen molar-refractivity contribution in [2.75, 3.05) is 13.7 Å². The van der Waals surface area contributed by atoms with E-state index in [1.165, 1.54) is 0 Å². The van der Waals surface area contributed by atoms with Gasteiger partial charge < -0.3 is 15.4 Å². The quantitative estimate of drug-likeness (QED) is 0.859. The third-order valence-electron chi connectivity index (χ3n) is 3.51. The summed E-state index contributed by atoms with van der Waals surface area (Å²) in [6, 6.07) is 17.6. The van der Waals surface area contributed by atoms with Crippen molar-refractivity contribution in [3.05, 3.63) is 65.7 Å². The number of ether oxygens (including phenoxy) is 1. The van der Waals surface area contributed by atoms with Crippen molar-refractivity contribution in [1.82, 2.24) is 10.6 Å². The zero-order chi connectivity index (χ0) is 15.8. The van der Waals surface area contributed by atoms with Gasteiger partial charge in [-0.15, -0.1) is 0 Å². The number of rotatable bonds is 6. The van der Waals surface area contributed by atoms with Gasteiger partial charge in [-0.1, -0.05) is 42.5 Å². The lowest BCUT2D eigenvalue weighted by atomic mass is 10.1. The number of amides is 2. The van der Waals surface area contributed by atoms with Crippen molar-refractivity contribution in [2.45, 2.75) is 19.4 Å². The van der Waals surface area contributed by atoms with Gasteiger partial charge in [0.1, 0.15) is 5.75 Å². The Balaban J connectivity index is 1.73. The summed E-state index contributed by atoms with van der Waals surface area (Å²) >= 11 is 0. The minimum Gasteiger partial charge on any atom is -0.497 e. The second kappa shape index (κ2) is 8.08. The van der Waals surface area contributed by atoms with E-state index in [0.29, 0.717) is 6.54 Å². The molecule has 0 aliphatic carbocycles. The Hall–Kier alpha value is -2.49. The fourth-order valence-electron chi connectivity index (χ4n) is 2.19. The minimum atomic E-state index is -0.148. The van der Waals surface area contributed by atoms with Gasteiger partial charge in [0.2, 0.25) is 0 Å². The average molecular weight is 298 g/mol. The van der Waals surface area contributed by atoms with E-state index in [2.05, 4.69) is 10.6 Å². The Labute approximate surface area is 131 Å². The fourth-order valence-corrected chi connectivity index (χ4v) is 2.19. The number of hydrogen-bond donors (Lipinski definition) is 2. The van der Waals surface area contributed by atoms with Crippen molar-refractivity contribution in [2.24, 2.45) is 0 Å². The normalized spacial score (nSPS) is 11.5. The molecule has 2 rings (SSSR count). The van der Waals surface area contributed by atoms with Crippen LogP contribution < -0.4 is 15.4 Å². The minimum absolute atomic E-state index is 0.0119. The van der Waals surface area contributed by atoms with Crippen LogP contribution in [-0.2, 0) is 6.42 Å². The molecule has 0 aliphatic rings. The molecule has 0 aliphatic heterocycles. The molecule has 22 heavy (non-hydrogen) atoms. The lowest BCUT2D eigenvalue weighted by Gasteiger charge is -2.15. The maximum atomic E-state index is 11.9. The van der Waals surface area contributed by atoms with Gasteiger partial charge in [-0.05, 0) is 36.6 Å². The summed E-state index contributed by atoms with van der Waals surface area (Å²) in [5.74, 6) is 0.839. The monoisotopic (exact) mass is 298 g/mol. The predicted octanol–water partition coefficient (Wildman–Crippen LogP) is 3.30. The second-order valence-electron chi connectivity index (χ2n) is 5.13. The molecule has 0 aromatic heterocycles. The summed E-state index contributed by atoms with van der Waals surface area (Å²) in [6.07, 6.45) is 0.789. The zero-order valence-corrected chi connectivity index (χ0v) is 13.0. The Morgan fingerprint density at radius 3 is 2.41 bits per heavy atom. The maximum Gasteiger partial charge on any atom is 0.315 e. The van der Waals surface area contributed by atoms with Crippen LogP contribution in [0.1, 0.15) is 24.1 Å². The summed E-state index contributed by atoms with van der Waals surface area (Å²) in [4.78, 5) is 11.9. The Kier molecular flexibility index (Phi) is 5.83. The van der Waals surface area contributed by atoms with E-state index in [-0.39, 0.29) is 12.1 Å².